The lowest BCUT2D eigenvalue weighted by Crippen LogP contribution is -2.35. The summed E-state index contributed by atoms with van der Waals surface area (Å²) in [7, 11) is 0. The van der Waals surface area contributed by atoms with E-state index < -0.39 is 0 Å². The number of hydrogen-bond donors (Lipinski definition) is 1. The fraction of sp³-hybridized carbons (Fsp3) is 0.286. The van der Waals surface area contributed by atoms with Crippen molar-refractivity contribution in [1.82, 2.24) is 20.1 Å². The molecule has 0 saturated carbocycles. The monoisotopic (exact) mass is 494 g/mol. The van der Waals surface area contributed by atoms with Crippen LogP contribution in [-0.2, 0) is 30.4 Å². The first kappa shape index (κ1) is 24.2. The van der Waals surface area contributed by atoms with Crippen molar-refractivity contribution in [2.24, 2.45) is 0 Å². The number of benzene rings is 2. The predicted molar refractivity (Wildman–Crippen MR) is 122 cm³/mol. The zero-order chi connectivity index (χ0) is 22.9. The molecule has 0 unspecified atom stereocenters. The number of aromatic hydroxyl groups is 1. The van der Waals surface area contributed by atoms with Gasteiger partial charge >= 0.3 is 6.01 Å². The SMILES string of the molecule is O=S.Oc1c(Cl)cc(-c2cnc(OCc3ccc(CN4CCOCC4)cc3)nn2)cc1Cl. The molecule has 32 heavy (non-hydrogen) atoms. The molecule has 0 radical (unpaired) electrons. The van der Waals surface area contributed by atoms with E-state index in [9.17, 15) is 5.11 Å². The molecule has 168 valence electrons. The fourth-order valence-corrected chi connectivity index (χ4v) is 3.57. The lowest BCUT2D eigenvalue weighted by Gasteiger charge is -2.26. The van der Waals surface area contributed by atoms with Crippen LogP contribution in [0.1, 0.15) is 11.1 Å². The number of halogens is 2. The number of rotatable bonds is 6. The summed E-state index contributed by atoms with van der Waals surface area (Å²) in [6.45, 7) is 4.79. The van der Waals surface area contributed by atoms with Crippen LogP contribution in [0.3, 0.4) is 0 Å². The van der Waals surface area contributed by atoms with Crippen LogP contribution in [0.5, 0.6) is 11.8 Å². The second-order valence-corrected chi connectivity index (χ2v) is 7.72. The van der Waals surface area contributed by atoms with Crippen molar-refractivity contribution in [3.8, 4) is 23.0 Å². The molecule has 2 aromatic carbocycles. The number of phenols is 1. The summed E-state index contributed by atoms with van der Waals surface area (Å²) >= 11 is 14.7. The summed E-state index contributed by atoms with van der Waals surface area (Å²) in [6.07, 6.45) is 1.52. The minimum Gasteiger partial charge on any atom is -0.505 e. The van der Waals surface area contributed by atoms with Crippen molar-refractivity contribution < 1.29 is 18.8 Å². The molecule has 0 amide bonds. The van der Waals surface area contributed by atoms with Gasteiger partial charge in [-0.2, -0.15) is 4.21 Å². The number of ether oxygens (including phenoxy) is 2. The summed E-state index contributed by atoms with van der Waals surface area (Å²) in [5.41, 5.74) is 3.35. The van der Waals surface area contributed by atoms with Crippen molar-refractivity contribution in [3.63, 3.8) is 0 Å². The Morgan fingerprint density at radius 3 is 2.25 bits per heavy atom. The molecule has 1 aromatic heterocycles. The second-order valence-electron chi connectivity index (χ2n) is 6.91. The van der Waals surface area contributed by atoms with Gasteiger partial charge in [0, 0.05) is 25.2 Å². The molecule has 4 rings (SSSR count). The van der Waals surface area contributed by atoms with Crippen LogP contribution in [0.4, 0.5) is 0 Å². The van der Waals surface area contributed by atoms with Gasteiger partial charge in [0.15, 0.2) is 18.3 Å². The highest BCUT2D eigenvalue weighted by atomic mass is 35.5. The highest BCUT2D eigenvalue weighted by molar-refractivity contribution is 7.44. The van der Waals surface area contributed by atoms with Crippen LogP contribution in [0.15, 0.2) is 42.6 Å². The first-order chi connectivity index (χ1) is 15.6. The van der Waals surface area contributed by atoms with Gasteiger partial charge in [0.05, 0.1) is 29.5 Å². The van der Waals surface area contributed by atoms with Gasteiger partial charge in [-0.25, -0.2) is 4.98 Å². The molecule has 0 aliphatic carbocycles. The van der Waals surface area contributed by atoms with Crippen LogP contribution >= 0.6 is 23.2 Å². The third kappa shape index (κ3) is 6.54. The summed E-state index contributed by atoms with van der Waals surface area (Å²) in [5.74, 6) is -0.168. The summed E-state index contributed by atoms with van der Waals surface area (Å²) in [5, 5.41) is 18.0. The van der Waals surface area contributed by atoms with E-state index in [0.29, 0.717) is 17.9 Å². The predicted octanol–water partition coefficient (Wildman–Crippen LogP) is 3.63. The normalized spacial score (nSPS) is 13.8. The summed E-state index contributed by atoms with van der Waals surface area (Å²) in [6, 6.07) is 11.6. The number of phenolic OH excluding ortho intramolecular Hbond substituents is 1. The van der Waals surface area contributed by atoms with E-state index in [1.54, 1.807) is 12.1 Å². The average Bonchev–Trinajstić information content (AvgIpc) is 2.84. The molecule has 3 aromatic rings. The van der Waals surface area contributed by atoms with E-state index in [-0.39, 0.29) is 21.8 Å². The largest absolute Gasteiger partial charge is 0.505 e. The van der Waals surface area contributed by atoms with E-state index >= 15 is 0 Å². The first-order valence-corrected chi connectivity index (χ1v) is 10.7. The van der Waals surface area contributed by atoms with E-state index in [1.807, 2.05) is 12.1 Å². The third-order valence-corrected chi connectivity index (χ3v) is 5.33. The maximum atomic E-state index is 9.66. The van der Waals surface area contributed by atoms with Crippen molar-refractivity contribution in [3.05, 3.63) is 63.8 Å². The minimum absolute atomic E-state index is 0.136. The average molecular weight is 495 g/mol. The van der Waals surface area contributed by atoms with Gasteiger partial charge in [0.1, 0.15) is 12.3 Å². The van der Waals surface area contributed by atoms with Gasteiger partial charge in [-0.3, -0.25) is 4.90 Å². The molecular weight excluding hydrogens is 475 g/mol. The third-order valence-electron chi connectivity index (χ3n) is 4.75. The zero-order valence-electron chi connectivity index (χ0n) is 16.9. The molecular formula is C21H20Cl2N4O4S. The van der Waals surface area contributed by atoms with E-state index in [2.05, 4.69) is 44.7 Å². The van der Waals surface area contributed by atoms with Crippen molar-refractivity contribution in [2.75, 3.05) is 26.3 Å². The molecule has 0 spiro atoms. The molecule has 1 aliphatic rings. The van der Waals surface area contributed by atoms with Gasteiger partial charge in [0.2, 0.25) is 0 Å². The zero-order valence-corrected chi connectivity index (χ0v) is 19.2. The number of morpholine rings is 1. The van der Waals surface area contributed by atoms with E-state index in [0.717, 1.165) is 38.4 Å². The first-order valence-electron chi connectivity index (χ1n) is 9.64. The van der Waals surface area contributed by atoms with Gasteiger partial charge < -0.3 is 14.6 Å². The Kier molecular flexibility index (Phi) is 9.07. The summed E-state index contributed by atoms with van der Waals surface area (Å²) in [4.78, 5) is 6.56. The molecule has 8 nitrogen and oxygen atoms in total. The number of aromatic nitrogens is 3. The Hall–Kier alpha value is -2.43. The minimum atomic E-state index is -0.168. The van der Waals surface area contributed by atoms with Crippen molar-refractivity contribution in [2.45, 2.75) is 13.2 Å². The van der Waals surface area contributed by atoms with Crippen LogP contribution < -0.4 is 4.74 Å². The molecule has 1 saturated heterocycles. The number of hydrogen-bond acceptors (Lipinski definition) is 9. The van der Waals surface area contributed by atoms with Gasteiger partial charge in [-0.05, 0) is 23.3 Å². The molecule has 11 heteroatoms. The highest BCUT2D eigenvalue weighted by Gasteiger charge is 2.12. The molecule has 0 bridgehead atoms. The molecule has 0 atom stereocenters. The van der Waals surface area contributed by atoms with Crippen LogP contribution in [0.2, 0.25) is 10.0 Å². The van der Waals surface area contributed by atoms with Gasteiger partial charge in [-0.15, -0.1) is 5.10 Å². The highest BCUT2D eigenvalue weighted by Crippen LogP contribution is 2.35. The quantitative estimate of drug-likeness (QED) is 0.550. The lowest BCUT2D eigenvalue weighted by atomic mass is 10.1. The lowest BCUT2D eigenvalue weighted by molar-refractivity contribution is 0.0342. The molecule has 1 N–H and O–H groups in total. The second kappa shape index (κ2) is 12.0. The Balaban J connectivity index is 0.00000141. The number of nitrogens with zero attached hydrogens (tertiary/aromatic N) is 4. The molecule has 2 heterocycles. The van der Waals surface area contributed by atoms with Gasteiger partial charge in [-0.1, -0.05) is 52.6 Å². The Morgan fingerprint density at radius 1 is 1.03 bits per heavy atom. The van der Waals surface area contributed by atoms with Crippen LogP contribution in [0, 0.1) is 0 Å². The fourth-order valence-electron chi connectivity index (χ4n) is 3.08. The smallest absolute Gasteiger partial charge is 0.336 e. The van der Waals surface area contributed by atoms with Crippen LogP contribution in [0.25, 0.3) is 11.3 Å². The van der Waals surface area contributed by atoms with Crippen molar-refractivity contribution in [1.29, 1.82) is 0 Å². The van der Waals surface area contributed by atoms with Crippen molar-refractivity contribution >= 4 is 35.7 Å². The molecule has 1 aliphatic heterocycles. The van der Waals surface area contributed by atoms with E-state index in [4.69, 9.17) is 36.9 Å². The Labute approximate surface area is 200 Å². The topological polar surface area (TPSA) is 97.7 Å². The standard InChI is InChI=1S/C21H20Cl2N4O3.OS/c22-17-9-16(10-18(23)20(17)28)19-11-24-21(26-25-19)30-13-15-3-1-14(2-4-15)12-27-5-7-29-8-6-27;1-2/h1-4,9-11,28H,5-8,12-13H2;. The maximum Gasteiger partial charge on any atom is 0.336 e. The van der Waals surface area contributed by atoms with E-state index in [1.165, 1.54) is 11.8 Å². The Bertz CT molecular complexity index is 996. The summed E-state index contributed by atoms with van der Waals surface area (Å²) < 4.78 is 18.9. The maximum absolute atomic E-state index is 9.66. The Morgan fingerprint density at radius 2 is 1.66 bits per heavy atom. The molecule has 1 fully saturated rings. The van der Waals surface area contributed by atoms with Gasteiger partial charge in [0.25, 0.3) is 0 Å². The van der Waals surface area contributed by atoms with Crippen LogP contribution in [-0.4, -0.2) is 55.7 Å².